The first-order chi connectivity index (χ1) is 11.5. The number of esters is 1. The molecule has 128 valence electrons. The summed E-state index contributed by atoms with van der Waals surface area (Å²) in [5, 5.41) is 0.560. The summed E-state index contributed by atoms with van der Waals surface area (Å²) in [7, 11) is 1.39. The number of likely N-dealkylation sites (tertiary alicyclic amines) is 1. The van der Waals surface area contributed by atoms with Gasteiger partial charge in [0.15, 0.2) is 6.04 Å². The molecule has 3 rings (SSSR count). The van der Waals surface area contributed by atoms with Gasteiger partial charge in [-0.3, -0.25) is 14.4 Å². The highest BCUT2D eigenvalue weighted by atomic mass is 35.5. The van der Waals surface area contributed by atoms with Gasteiger partial charge in [-0.1, -0.05) is 11.6 Å². The summed E-state index contributed by atoms with van der Waals surface area (Å²) in [6.45, 7) is 1.38. The van der Waals surface area contributed by atoms with Crippen molar-refractivity contribution in [3.63, 3.8) is 0 Å². The van der Waals surface area contributed by atoms with Crippen LogP contribution < -0.4 is 9.80 Å². The van der Waals surface area contributed by atoms with E-state index in [2.05, 4.69) is 0 Å². The second-order valence-corrected chi connectivity index (χ2v) is 6.69. The molecule has 2 saturated heterocycles. The van der Waals surface area contributed by atoms with Crippen LogP contribution in [0.5, 0.6) is 0 Å². The monoisotopic (exact) mass is 351 g/mol. The molecule has 2 heterocycles. The lowest BCUT2D eigenvalue weighted by atomic mass is 9.95. The van der Waals surface area contributed by atoms with Crippen molar-refractivity contribution in [1.29, 1.82) is 0 Å². The van der Waals surface area contributed by atoms with Crippen LogP contribution in [-0.4, -0.2) is 44.0 Å². The first kappa shape index (κ1) is 16.9. The molecule has 2 amide bonds. The molecule has 0 aliphatic carbocycles. The number of quaternary nitrogens is 1. The van der Waals surface area contributed by atoms with Gasteiger partial charge in [0.2, 0.25) is 5.91 Å². The van der Waals surface area contributed by atoms with Crippen LogP contribution in [0.1, 0.15) is 19.3 Å². The van der Waals surface area contributed by atoms with E-state index in [0.717, 1.165) is 4.90 Å². The molecule has 0 saturated carbocycles. The first-order valence-corrected chi connectivity index (χ1v) is 8.44. The molecule has 1 aromatic carbocycles. The number of carbonyl (C=O) groups is 3. The van der Waals surface area contributed by atoms with E-state index in [9.17, 15) is 14.4 Å². The van der Waals surface area contributed by atoms with Gasteiger partial charge >= 0.3 is 5.97 Å². The SMILES string of the molecule is COC(=O)C1CC[NH+]([C@@H]2CC(=O)N(c3ccc(Cl)cc3)C2=O)CC1. The number of carbonyl (C=O) groups excluding carboxylic acids is 3. The van der Waals surface area contributed by atoms with Crippen LogP contribution in [0.4, 0.5) is 5.69 Å². The number of methoxy groups -OCH3 is 1. The first-order valence-electron chi connectivity index (χ1n) is 8.06. The summed E-state index contributed by atoms with van der Waals surface area (Å²) >= 11 is 5.86. The number of benzene rings is 1. The van der Waals surface area contributed by atoms with Gasteiger partial charge in [0, 0.05) is 17.9 Å². The van der Waals surface area contributed by atoms with Gasteiger partial charge in [0.1, 0.15) is 0 Å². The van der Waals surface area contributed by atoms with E-state index in [4.69, 9.17) is 16.3 Å². The highest BCUT2D eigenvalue weighted by Crippen LogP contribution is 2.24. The average Bonchev–Trinajstić information content (AvgIpc) is 2.90. The summed E-state index contributed by atoms with van der Waals surface area (Å²) < 4.78 is 4.78. The molecule has 6 nitrogen and oxygen atoms in total. The van der Waals surface area contributed by atoms with Crippen LogP contribution in [-0.2, 0) is 19.1 Å². The summed E-state index contributed by atoms with van der Waals surface area (Å²) in [4.78, 5) is 39.0. The predicted molar refractivity (Wildman–Crippen MR) is 87.8 cm³/mol. The zero-order chi connectivity index (χ0) is 17.3. The maximum Gasteiger partial charge on any atom is 0.309 e. The highest BCUT2D eigenvalue weighted by molar-refractivity contribution is 6.30. The Kier molecular flexibility index (Phi) is 4.87. The Balaban J connectivity index is 1.68. The minimum atomic E-state index is -0.369. The number of nitrogens with zero attached hydrogens (tertiary/aromatic N) is 1. The average molecular weight is 352 g/mol. The lowest BCUT2D eigenvalue weighted by Gasteiger charge is -2.30. The van der Waals surface area contributed by atoms with Crippen molar-refractivity contribution < 1.29 is 24.0 Å². The molecule has 7 heteroatoms. The summed E-state index contributed by atoms with van der Waals surface area (Å²) in [6, 6.07) is 6.32. The van der Waals surface area contributed by atoms with E-state index in [1.807, 2.05) is 0 Å². The Bertz CT molecular complexity index is 653. The molecular weight excluding hydrogens is 332 g/mol. The smallest absolute Gasteiger partial charge is 0.309 e. The summed E-state index contributed by atoms with van der Waals surface area (Å²) in [5.74, 6) is -0.646. The van der Waals surface area contributed by atoms with Gasteiger partial charge in [0.25, 0.3) is 5.91 Å². The Morgan fingerprint density at radius 3 is 2.42 bits per heavy atom. The van der Waals surface area contributed by atoms with Crippen LogP contribution >= 0.6 is 11.6 Å². The van der Waals surface area contributed by atoms with Crippen molar-refractivity contribution in [1.82, 2.24) is 0 Å². The minimum Gasteiger partial charge on any atom is -0.469 e. The normalized spacial score (nSPS) is 27.4. The molecule has 0 unspecified atom stereocenters. The maximum absolute atomic E-state index is 12.7. The van der Waals surface area contributed by atoms with Crippen LogP contribution in [0.25, 0.3) is 0 Å². The number of piperidine rings is 1. The Morgan fingerprint density at radius 1 is 1.21 bits per heavy atom. The molecule has 1 aromatic rings. The standard InChI is InChI=1S/C17H19ClN2O4/c1-24-17(23)11-6-8-19(9-7-11)14-10-15(21)20(16(14)22)13-4-2-12(18)3-5-13/h2-5,11,14H,6-10H2,1H3/p+1/t14-/m1/s1. The molecular formula is C17H20ClN2O4+. The third-order valence-corrected chi connectivity index (χ3v) is 5.14. The number of hydrogen-bond donors (Lipinski definition) is 1. The number of nitrogens with one attached hydrogen (secondary N) is 1. The summed E-state index contributed by atoms with van der Waals surface area (Å²) in [5.41, 5.74) is 0.556. The van der Waals surface area contributed by atoms with Gasteiger partial charge in [0.05, 0.1) is 38.2 Å². The second-order valence-electron chi connectivity index (χ2n) is 6.26. The van der Waals surface area contributed by atoms with Crippen molar-refractivity contribution >= 4 is 35.1 Å². The van der Waals surface area contributed by atoms with Gasteiger partial charge in [-0.2, -0.15) is 0 Å². The molecule has 0 bridgehead atoms. The zero-order valence-electron chi connectivity index (χ0n) is 13.5. The Labute approximate surface area is 145 Å². The fourth-order valence-electron chi connectivity index (χ4n) is 3.55. The van der Waals surface area contributed by atoms with E-state index in [1.54, 1.807) is 24.3 Å². The van der Waals surface area contributed by atoms with E-state index >= 15 is 0 Å². The van der Waals surface area contributed by atoms with Gasteiger partial charge in [-0.25, -0.2) is 4.90 Å². The van der Waals surface area contributed by atoms with Crippen molar-refractivity contribution in [3.8, 4) is 0 Å². The fourth-order valence-corrected chi connectivity index (χ4v) is 3.68. The molecule has 0 radical (unpaired) electrons. The van der Waals surface area contributed by atoms with Crippen molar-refractivity contribution in [2.75, 3.05) is 25.1 Å². The van der Waals surface area contributed by atoms with Crippen LogP contribution in [0, 0.1) is 5.92 Å². The third kappa shape index (κ3) is 3.16. The number of anilines is 1. The Morgan fingerprint density at radius 2 is 1.83 bits per heavy atom. The van der Waals surface area contributed by atoms with E-state index in [0.29, 0.717) is 36.6 Å². The number of amides is 2. The minimum absolute atomic E-state index is 0.0988. The lowest BCUT2D eigenvalue weighted by Crippen LogP contribution is -3.17. The topological polar surface area (TPSA) is 68.1 Å². The molecule has 24 heavy (non-hydrogen) atoms. The molecule has 2 aliphatic heterocycles. The summed E-state index contributed by atoms with van der Waals surface area (Å²) in [6.07, 6.45) is 1.57. The zero-order valence-corrected chi connectivity index (χ0v) is 14.2. The number of hydrogen-bond acceptors (Lipinski definition) is 4. The number of rotatable bonds is 3. The second kappa shape index (κ2) is 6.91. The van der Waals surface area contributed by atoms with E-state index in [-0.39, 0.29) is 36.2 Å². The fraction of sp³-hybridized carbons (Fsp3) is 0.471. The molecule has 0 aromatic heterocycles. The molecule has 1 N–H and O–H groups in total. The molecule has 2 fully saturated rings. The lowest BCUT2D eigenvalue weighted by molar-refractivity contribution is -0.920. The van der Waals surface area contributed by atoms with Crippen LogP contribution in [0.2, 0.25) is 5.02 Å². The van der Waals surface area contributed by atoms with Crippen LogP contribution in [0.15, 0.2) is 24.3 Å². The third-order valence-electron chi connectivity index (χ3n) is 4.89. The quantitative estimate of drug-likeness (QED) is 0.634. The molecule has 2 aliphatic rings. The van der Waals surface area contributed by atoms with Gasteiger partial charge in [-0.05, 0) is 24.3 Å². The van der Waals surface area contributed by atoms with Crippen LogP contribution in [0.3, 0.4) is 0 Å². The van der Waals surface area contributed by atoms with Crippen molar-refractivity contribution in [3.05, 3.63) is 29.3 Å². The van der Waals surface area contributed by atoms with E-state index < -0.39 is 0 Å². The highest BCUT2D eigenvalue weighted by Gasteiger charge is 2.47. The largest absolute Gasteiger partial charge is 0.469 e. The van der Waals surface area contributed by atoms with Crippen molar-refractivity contribution in [2.24, 2.45) is 5.92 Å². The molecule has 0 spiro atoms. The number of halogens is 1. The van der Waals surface area contributed by atoms with Gasteiger partial charge < -0.3 is 9.64 Å². The molecule has 1 atom stereocenters. The van der Waals surface area contributed by atoms with E-state index in [1.165, 1.54) is 12.0 Å². The van der Waals surface area contributed by atoms with Gasteiger partial charge in [-0.15, -0.1) is 0 Å². The predicted octanol–water partition coefficient (Wildman–Crippen LogP) is 0.440. The maximum atomic E-state index is 12.7. The number of ether oxygens (including phenoxy) is 1. The number of imide groups is 1. The van der Waals surface area contributed by atoms with Crippen molar-refractivity contribution in [2.45, 2.75) is 25.3 Å². The Hall–Kier alpha value is -1.92.